The van der Waals surface area contributed by atoms with Gasteiger partial charge in [-0.15, -0.1) is 10.2 Å². The number of rotatable bonds is 7. The van der Waals surface area contributed by atoms with Crippen LogP contribution in [-0.4, -0.2) is 23.9 Å². The summed E-state index contributed by atoms with van der Waals surface area (Å²) in [5.41, 5.74) is 0. The molecule has 0 aliphatic rings. The van der Waals surface area contributed by atoms with E-state index in [1.165, 1.54) is 0 Å². The van der Waals surface area contributed by atoms with Gasteiger partial charge in [0.2, 0.25) is 0 Å². The number of hydrogen-bond acceptors (Lipinski definition) is 5. The Labute approximate surface area is 95.1 Å². The molecule has 0 amide bonds. The quantitative estimate of drug-likeness (QED) is 0.728. The molecule has 86 valence electrons. The smallest absolute Gasteiger partial charge is 0.143 e. The second kappa shape index (κ2) is 6.87. The van der Waals surface area contributed by atoms with Crippen molar-refractivity contribution in [3.63, 3.8) is 0 Å². The molecule has 0 spiro atoms. The van der Waals surface area contributed by atoms with E-state index < -0.39 is 0 Å². The first-order valence-electron chi connectivity index (χ1n) is 5.39. The lowest BCUT2D eigenvalue weighted by Gasteiger charge is -2.07. The highest BCUT2D eigenvalue weighted by Gasteiger charge is 2.12. The van der Waals surface area contributed by atoms with Crippen molar-refractivity contribution in [2.24, 2.45) is 0 Å². The summed E-state index contributed by atoms with van der Waals surface area (Å²) in [6.45, 7) is 5.61. The van der Waals surface area contributed by atoms with E-state index in [0.717, 1.165) is 29.5 Å². The Hall–Kier alpha value is -0.520. The number of aromatic nitrogens is 2. The van der Waals surface area contributed by atoms with E-state index in [1.54, 1.807) is 11.3 Å². The summed E-state index contributed by atoms with van der Waals surface area (Å²) in [6.07, 6.45) is 2.07. The molecule has 1 rings (SSSR count). The molecule has 5 heteroatoms. The summed E-state index contributed by atoms with van der Waals surface area (Å²) in [4.78, 5) is 0. The van der Waals surface area contributed by atoms with Crippen molar-refractivity contribution in [2.75, 3.05) is 13.7 Å². The lowest BCUT2D eigenvalue weighted by molar-refractivity contribution is 0.121. The molecule has 1 N–H and O–H groups in total. The van der Waals surface area contributed by atoms with Crippen LogP contribution < -0.4 is 5.32 Å². The standard InChI is InChI=1S/C10H19N3OS/c1-4-6-14-7-9-12-13-10(15-9)8(5-2)11-3/h8,11H,4-7H2,1-3H3. The summed E-state index contributed by atoms with van der Waals surface area (Å²) in [6, 6.07) is 0.322. The molecule has 15 heavy (non-hydrogen) atoms. The van der Waals surface area contributed by atoms with Crippen LogP contribution in [0.25, 0.3) is 0 Å². The molecule has 0 aromatic carbocycles. The second-order valence-electron chi connectivity index (χ2n) is 3.34. The van der Waals surface area contributed by atoms with Gasteiger partial charge in [0.25, 0.3) is 0 Å². The van der Waals surface area contributed by atoms with Crippen molar-refractivity contribution in [1.82, 2.24) is 15.5 Å². The van der Waals surface area contributed by atoms with Gasteiger partial charge in [-0.05, 0) is 19.9 Å². The van der Waals surface area contributed by atoms with Crippen molar-refractivity contribution in [1.29, 1.82) is 0 Å². The average molecular weight is 229 g/mol. The number of ether oxygens (including phenoxy) is 1. The van der Waals surface area contributed by atoms with E-state index in [1.807, 2.05) is 7.05 Å². The summed E-state index contributed by atoms with van der Waals surface area (Å²) < 4.78 is 5.42. The van der Waals surface area contributed by atoms with Gasteiger partial charge in [-0.25, -0.2) is 0 Å². The Morgan fingerprint density at radius 3 is 2.80 bits per heavy atom. The first-order chi connectivity index (χ1) is 7.31. The second-order valence-corrected chi connectivity index (χ2v) is 4.43. The molecule has 0 aliphatic carbocycles. The van der Waals surface area contributed by atoms with Gasteiger partial charge in [0.15, 0.2) is 0 Å². The third-order valence-corrected chi connectivity index (χ3v) is 3.12. The molecule has 0 radical (unpaired) electrons. The van der Waals surface area contributed by atoms with Crippen LogP contribution in [0.2, 0.25) is 0 Å². The van der Waals surface area contributed by atoms with Gasteiger partial charge < -0.3 is 10.1 Å². The third kappa shape index (κ3) is 3.85. The van der Waals surface area contributed by atoms with Gasteiger partial charge in [0, 0.05) is 6.61 Å². The molecule has 1 aromatic heterocycles. The van der Waals surface area contributed by atoms with Crippen molar-refractivity contribution < 1.29 is 4.74 Å². The van der Waals surface area contributed by atoms with Crippen LogP contribution in [0, 0.1) is 0 Å². The fraction of sp³-hybridized carbons (Fsp3) is 0.800. The summed E-state index contributed by atoms with van der Waals surface area (Å²) in [7, 11) is 1.95. The monoisotopic (exact) mass is 229 g/mol. The maximum absolute atomic E-state index is 5.42. The SMILES string of the molecule is CCCOCc1nnc(C(CC)NC)s1. The van der Waals surface area contributed by atoms with Gasteiger partial charge in [-0.1, -0.05) is 25.2 Å². The molecule has 0 saturated carbocycles. The Kier molecular flexibility index (Phi) is 5.75. The predicted molar refractivity (Wildman–Crippen MR) is 61.9 cm³/mol. The first kappa shape index (κ1) is 12.5. The first-order valence-corrected chi connectivity index (χ1v) is 6.20. The van der Waals surface area contributed by atoms with Crippen molar-refractivity contribution in [2.45, 2.75) is 39.3 Å². The minimum atomic E-state index is 0.322. The average Bonchev–Trinajstić information content (AvgIpc) is 2.69. The van der Waals surface area contributed by atoms with E-state index in [9.17, 15) is 0 Å². The Bertz CT molecular complexity index is 273. The number of hydrogen-bond donors (Lipinski definition) is 1. The molecule has 0 fully saturated rings. The minimum absolute atomic E-state index is 0.322. The van der Waals surface area contributed by atoms with E-state index in [4.69, 9.17) is 4.74 Å². The Balaban J connectivity index is 2.47. The molecule has 1 aromatic rings. The molecular weight excluding hydrogens is 210 g/mol. The molecule has 4 nitrogen and oxygen atoms in total. The molecule has 0 saturated heterocycles. The van der Waals surface area contributed by atoms with Gasteiger partial charge in [-0.3, -0.25) is 0 Å². The topological polar surface area (TPSA) is 47.0 Å². The molecule has 0 aliphatic heterocycles. The van der Waals surface area contributed by atoms with Gasteiger partial charge >= 0.3 is 0 Å². The van der Waals surface area contributed by atoms with Crippen molar-refractivity contribution >= 4 is 11.3 Å². The van der Waals surface area contributed by atoms with E-state index >= 15 is 0 Å². The third-order valence-electron chi connectivity index (χ3n) is 2.11. The maximum atomic E-state index is 5.42. The lowest BCUT2D eigenvalue weighted by Crippen LogP contribution is -2.14. The highest BCUT2D eigenvalue weighted by atomic mass is 32.1. The highest BCUT2D eigenvalue weighted by molar-refractivity contribution is 7.11. The molecule has 1 atom stereocenters. The Morgan fingerprint density at radius 2 is 2.20 bits per heavy atom. The van der Waals surface area contributed by atoms with Crippen LogP contribution in [0.1, 0.15) is 42.7 Å². The van der Waals surface area contributed by atoms with E-state index in [0.29, 0.717) is 12.6 Å². The fourth-order valence-corrected chi connectivity index (χ4v) is 2.25. The summed E-state index contributed by atoms with van der Waals surface area (Å²) in [5, 5.41) is 13.5. The Morgan fingerprint density at radius 1 is 1.40 bits per heavy atom. The summed E-state index contributed by atoms with van der Waals surface area (Å²) >= 11 is 1.63. The molecule has 1 unspecified atom stereocenters. The largest absolute Gasteiger partial charge is 0.374 e. The van der Waals surface area contributed by atoms with E-state index in [-0.39, 0.29) is 0 Å². The highest BCUT2D eigenvalue weighted by Crippen LogP contribution is 2.20. The van der Waals surface area contributed by atoms with E-state index in [2.05, 4.69) is 29.4 Å². The normalized spacial score (nSPS) is 13.0. The summed E-state index contributed by atoms with van der Waals surface area (Å²) in [5.74, 6) is 0. The fourth-order valence-electron chi connectivity index (χ4n) is 1.27. The van der Waals surface area contributed by atoms with Crippen molar-refractivity contribution in [3.05, 3.63) is 10.0 Å². The molecular formula is C10H19N3OS. The van der Waals surface area contributed by atoms with Gasteiger partial charge in [0.05, 0.1) is 6.04 Å². The van der Waals surface area contributed by atoms with Crippen molar-refractivity contribution in [3.8, 4) is 0 Å². The lowest BCUT2D eigenvalue weighted by atomic mass is 10.2. The van der Waals surface area contributed by atoms with Crippen LogP contribution in [-0.2, 0) is 11.3 Å². The van der Waals surface area contributed by atoms with Crippen LogP contribution >= 0.6 is 11.3 Å². The van der Waals surface area contributed by atoms with Crippen LogP contribution in [0.15, 0.2) is 0 Å². The zero-order valence-corrected chi connectivity index (χ0v) is 10.4. The van der Waals surface area contributed by atoms with Gasteiger partial charge in [-0.2, -0.15) is 0 Å². The zero-order valence-electron chi connectivity index (χ0n) is 9.62. The van der Waals surface area contributed by atoms with Crippen LogP contribution in [0.3, 0.4) is 0 Å². The van der Waals surface area contributed by atoms with Crippen LogP contribution in [0.4, 0.5) is 0 Å². The maximum Gasteiger partial charge on any atom is 0.143 e. The zero-order chi connectivity index (χ0) is 11.1. The molecule has 0 bridgehead atoms. The predicted octanol–water partition coefficient (Wildman–Crippen LogP) is 2.14. The molecule has 1 heterocycles. The van der Waals surface area contributed by atoms with Crippen LogP contribution in [0.5, 0.6) is 0 Å². The number of nitrogens with zero attached hydrogens (tertiary/aromatic N) is 2. The van der Waals surface area contributed by atoms with Gasteiger partial charge in [0.1, 0.15) is 16.6 Å². The minimum Gasteiger partial charge on any atom is -0.374 e. The number of nitrogens with one attached hydrogen (secondary N) is 1.